The zero-order valence-electron chi connectivity index (χ0n) is 8.10. The van der Waals surface area contributed by atoms with Crippen LogP contribution in [0.4, 0.5) is 4.39 Å². The van der Waals surface area contributed by atoms with Crippen LogP contribution in [0.5, 0.6) is 5.75 Å². The normalized spacial score (nSPS) is 11.5. The highest BCUT2D eigenvalue weighted by atomic mass is 19.1. The first-order valence-electron chi connectivity index (χ1n) is 4.08. The average molecular weight is 183 g/mol. The number of hydrogen-bond donors (Lipinski definition) is 1. The largest absolute Gasteiger partial charge is 0.497 e. The lowest BCUT2D eigenvalue weighted by molar-refractivity contribution is 0.408. The number of nitrogens with two attached hydrogens (primary N) is 1. The standard InChI is InChI=1S/C10H14FNO/c1-10(2,12)8-6-7(13-3)4-5-9(8)11/h4-6H,12H2,1-3H3. The summed E-state index contributed by atoms with van der Waals surface area (Å²) in [4.78, 5) is 0. The number of hydrogen-bond acceptors (Lipinski definition) is 2. The summed E-state index contributed by atoms with van der Waals surface area (Å²) in [5.41, 5.74) is 5.57. The van der Waals surface area contributed by atoms with Crippen molar-refractivity contribution < 1.29 is 9.13 Å². The first-order valence-corrected chi connectivity index (χ1v) is 4.08. The minimum atomic E-state index is -0.682. The number of halogens is 1. The Labute approximate surface area is 77.5 Å². The van der Waals surface area contributed by atoms with Crippen LogP contribution in [0.15, 0.2) is 18.2 Å². The molecule has 0 saturated carbocycles. The quantitative estimate of drug-likeness (QED) is 0.761. The Morgan fingerprint density at radius 1 is 1.38 bits per heavy atom. The van der Waals surface area contributed by atoms with E-state index >= 15 is 0 Å². The van der Waals surface area contributed by atoms with Gasteiger partial charge in [-0.1, -0.05) is 0 Å². The van der Waals surface area contributed by atoms with Crippen molar-refractivity contribution in [3.63, 3.8) is 0 Å². The van der Waals surface area contributed by atoms with Crippen LogP contribution in [-0.2, 0) is 5.54 Å². The summed E-state index contributed by atoms with van der Waals surface area (Å²) in [5, 5.41) is 0. The lowest BCUT2D eigenvalue weighted by atomic mass is 9.95. The van der Waals surface area contributed by atoms with E-state index in [9.17, 15) is 4.39 Å². The zero-order valence-corrected chi connectivity index (χ0v) is 8.10. The van der Waals surface area contributed by atoms with E-state index in [4.69, 9.17) is 10.5 Å². The Morgan fingerprint density at radius 3 is 2.46 bits per heavy atom. The summed E-state index contributed by atoms with van der Waals surface area (Å²) < 4.78 is 18.2. The summed E-state index contributed by atoms with van der Waals surface area (Å²) >= 11 is 0. The van der Waals surface area contributed by atoms with Crippen molar-refractivity contribution in [2.75, 3.05) is 7.11 Å². The van der Waals surface area contributed by atoms with Gasteiger partial charge in [-0.15, -0.1) is 0 Å². The lowest BCUT2D eigenvalue weighted by Crippen LogP contribution is -2.29. The first kappa shape index (κ1) is 9.99. The third-order valence-electron chi connectivity index (χ3n) is 1.87. The predicted molar refractivity (Wildman–Crippen MR) is 50.2 cm³/mol. The molecule has 0 atom stereocenters. The number of methoxy groups -OCH3 is 1. The highest BCUT2D eigenvalue weighted by molar-refractivity contribution is 5.33. The van der Waals surface area contributed by atoms with Crippen LogP contribution in [0, 0.1) is 5.82 Å². The Bertz CT molecular complexity index is 304. The molecule has 3 heteroatoms. The Morgan fingerprint density at radius 2 is 2.00 bits per heavy atom. The molecule has 1 aromatic rings. The maximum Gasteiger partial charge on any atom is 0.128 e. The van der Waals surface area contributed by atoms with Gasteiger partial charge in [0.05, 0.1) is 7.11 Å². The van der Waals surface area contributed by atoms with E-state index in [1.807, 2.05) is 0 Å². The van der Waals surface area contributed by atoms with E-state index in [2.05, 4.69) is 0 Å². The number of benzene rings is 1. The molecule has 0 saturated heterocycles. The molecule has 0 fully saturated rings. The Kier molecular flexibility index (Phi) is 2.57. The van der Waals surface area contributed by atoms with Crippen LogP contribution in [0.3, 0.4) is 0 Å². The predicted octanol–water partition coefficient (Wildman–Crippen LogP) is 2.03. The van der Waals surface area contributed by atoms with Crippen LogP contribution in [0.25, 0.3) is 0 Å². The maximum absolute atomic E-state index is 13.3. The molecule has 0 aliphatic heterocycles. The molecule has 0 aromatic heterocycles. The molecule has 0 bridgehead atoms. The zero-order chi connectivity index (χ0) is 10.1. The van der Waals surface area contributed by atoms with Gasteiger partial charge < -0.3 is 10.5 Å². The van der Waals surface area contributed by atoms with Gasteiger partial charge in [-0.2, -0.15) is 0 Å². The summed E-state index contributed by atoms with van der Waals surface area (Å²) in [6.07, 6.45) is 0. The minimum Gasteiger partial charge on any atom is -0.497 e. The number of rotatable bonds is 2. The second-order valence-electron chi connectivity index (χ2n) is 3.57. The van der Waals surface area contributed by atoms with E-state index < -0.39 is 5.54 Å². The average Bonchev–Trinajstić information content (AvgIpc) is 2.03. The topological polar surface area (TPSA) is 35.2 Å². The minimum absolute atomic E-state index is 0.298. The van der Waals surface area contributed by atoms with Crippen LogP contribution in [-0.4, -0.2) is 7.11 Å². The van der Waals surface area contributed by atoms with Crippen molar-refractivity contribution in [3.8, 4) is 5.75 Å². The van der Waals surface area contributed by atoms with E-state index in [-0.39, 0.29) is 5.82 Å². The Hall–Kier alpha value is -1.09. The molecule has 13 heavy (non-hydrogen) atoms. The van der Waals surface area contributed by atoms with Gasteiger partial charge in [0.25, 0.3) is 0 Å². The molecule has 0 aliphatic carbocycles. The van der Waals surface area contributed by atoms with Crippen molar-refractivity contribution in [1.82, 2.24) is 0 Å². The molecule has 1 rings (SSSR count). The van der Waals surface area contributed by atoms with Crippen LogP contribution >= 0.6 is 0 Å². The molecule has 0 heterocycles. The fourth-order valence-electron chi connectivity index (χ4n) is 1.13. The van der Waals surface area contributed by atoms with E-state index in [0.29, 0.717) is 11.3 Å². The fourth-order valence-corrected chi connectivity index (χ4v) is 1.13. The van der Waals surface area contributed by atoms with Gasteiger partial charge in [0.1, 0.15) is 11.6 Å². The van der Waals surface area contributed by atoms with Crippen LogP contribution in [0.2, 0.25) is 0 Å². The summed E-state index contributed by atoms with van der Waals surface area (Å²) in [7, 11) is 1.54. The molecule has 2 nitrogen and oxygen atoms in total. The summed E-state index contributed by atoms with van der Waals surface area (Å²) in [5.74, 6) is 0.322. The maximum atomic E-state index is 13.3. The fraction of sp³-hybridized carbons (Fsp3) is 0.400. The monoisotopic (exact) mass is 183 g/mol. The van der Waals surface area contributed by atoms with E-state index in [1.165, 1.54) is 6.07 Å². The molecular formula is C10H14FNO. The third kappa shape index (κ3) is 2.18. The van der Waals surface area contributed by atoms with Gasteiger partial charge >= 0.3 is 0 Å². The molecule has 0 aliphatic rings. The highest BCUT2D eigenvalue weighted by Gasteiger charge is 2.19. The molecule has 72 valence electrons. The van der Waals surface area contributed by atoms with E-state index in [0.717, 1.165) is 0 Å². The molecule has 1 aromatic carbocycles. The van der Waals surface area contributed by atoms with Crippen LogP contribution < -0.4 is 10.5 Å². The van der Waals surface area contributed by atoms with Crippen molar-refractivity contribution in [2.24, 2.45) is 5.73 Å². The smallest absolute Gasteiger partial charge is 0.128 e. The van der Waals surface area contributed by atoms with Gasteiger partial charge in [-0.3, -0.25) is 0 Å². The van der Waals surface area contributed by atoms with Gasteiger partial charge in [-0.25, -0.2) is 4.39 Å². The highest BCUT2D eigenvalue weighted by Crippen LogP contribution is 2.24. The molecule has 0 unspecified atom stereocenters. The molecule has 0 spiro atoms. The lowest BCUT2D eigenvalue weighted by Gasteiger charge is -2.20. The second-order valence-corrected chi connectivity index (χ2v) is 3.57. The molecule has 0 radical (unpaired) electrons. The summed E-state index contributed by atoms with van der Waals surface area (Å²) in [6, 6.07) is 4.56. The first-order chi connectivity index (χ1) is 5.95. The van der Waals surface area contributed by atoms with Gasteiger partial charge in [0, 0.05) is 11.1 Å². The SMILES string of the molecule is COc1ccc(F)c(C(C)(C)N)c1. The Balaban J connectivity index is 3.19. The van der Waals surface area contributed by atoms with Crippen molar-refractivity contribution >= 4 is 0 Å². The van der Waals surface area contributed by atoms with Crippen LogP contribution in [0.1, 0.15) is 19.4 Å². The number of ether oxygens (including phenoxy) is 1. The summed E-state index contributed by atoms with van der Waals surface area (Å²) in [6.45, 7) is 3.51. The van der Waals surface area contributed by atoms with E-state index in [1.54, 1.807) is 33.1 Å². The van der Waals surface area contributed by atoms with Crippen molar-refractivity contribution in [2.45, 2.75) is 19.4 Å². The molecule has 2 N–H and O–H groups in total. The van der Waals surface area contributed by atoms with Gasteiger partial charge in [0.15, 0.2) is 0 Å². The molecular weight excluding hydrogens is 169 g/mol. The van der Waals surface area contributed by atoms with Gasteiger partial charge in [-0.05, 0) is 32.0 Å². The third-order valence-corrected chi connectivity index (χ3v) is 1.87. The van der Waals surface area contributed by atoms with Crippen molar-refractivity contribution in [1.29, 1.82) is 0 Å². The van der Waals surface area contributed by atoms with Gasteiger partial charge in [0.2, 0.25) is 0 Å². The second kappa shape index (κ2) is 3.34. The molecule has 0 amide bonds. The van der Waals surface area contributed by atoms with Crippen molar-refractivity contribution in [3.05, 3.63) is 29.6 Å².